The van der Waals surface area contributed by atoms with Crippen molar-refractivity contribution in [3.63, 3.8) is 0 Å². The van der Waals surface area contributed by atoms with Crippen LogP contribution in [0, 0.1) is 5.82 Å². The molecular weight excluding hydrogens is 255 g/mol. The van der Waals surface area contributed by atoms with E-state index in [0.717, 1.165) is 24.7 Å². The summed E-state index contributed by atoms with van der Waals surface area (Å²) in [4.78, 5) is 0. The molecule has 1 aromatic rings. The third kappa shape index (κ3) is 3.45. The lowest BCUT2D eigenvalue weighted by Gasteiger charge is -2.22. The number of hydrogen-bond donors (Lipinski definition) is 0. The highest BCUT2D eigenvalue weighted by Crippen LogP contribution is 2.34. The average molecular weight is 272 g/mol. The van der Waals surface area contributed by atoms with E-state index in [4.69, 9.17) is 0 Å². The largest absolute Gasteiger partial charge is 0.379 e. The molecule has 18 heavy (non-hydrogen) atoms. The first kappa shape index (κ1) is 13.3. The molecule has 2 rings (SSSR count). The molecule has 0 atom stereocenters. The van der Waals surface area contributed by atoms with E-state index >= 15 is 0 Å². The highest BCUT2D eigenvalue weighted by molar-refractivity contribution is 7.86. The Bertz CT molecular complexity index is 519. The lowest BCUT2D eigenvalue weighted by molar-refractivity contribution is 0.438. The summed E-state index contributed by atoms with van der Waals surface area (Å²) in [7, 11) is -3.68. The van der Waals surface area contributed by atoms with Crippen LogP contribution in [0.3, 0.4) is 0 Å². The van der Waals surface area contributed by atoms with Crippen molar-refractivity contribution in [2.24, 2.45) is 0 Å². The molecule has 0 bridgehead atoms. The van der Waals surface area contributed by atoms with Crippen LogP contribution >= 0.6 is 0 Å². The third-order valence-electron chi connectivity index (χ3n) is 3.27. The molecule has 1 fully saturated rings. The minimum absolute atomic E-state index is 0.225. The van der Waals surface area contributed by atoms with E-state index in [9.17, 15) is 12.8 Å². The zero-order valence-corrected chi connectivity index (χ0v) is 11.2. The van der Waals surface area contributed by atoms with Crippen LogP contribution in [0.5, 0.6) is 5.75 Å². The second-order valence-corrected chi connectivity index (χ2v) is 6.39. The van der Waals surface area contributed by atoms with Gasteiger partial charge in [0, 0.05) is 0 Å². The Morgan fingerprint density at radius 2 is 1.89 bits per heavy atom. The highest BCUT2D eigenvalue weighted by Gasteiger charge is 2.18. The number of hydrogen-bond acceptors (Lipinski definition) is 3. The Morgan fingerprint density at radius 1 is 1.22 bits per heavy atom. The summed E-state index contributed by atoms with van der Waals surface area (Å²) >= 11 is 0. The van der Waals surface area contributed by atoms with E-state index in [-0.39, 0.29) is 5.75 Å². The molecular formula is C13H17FO3S. The number of benzene rings is 1. The molecule has 0 spiro atoms. The molecule has 0 aliphatic heterocycles. The van der Waals surface area contributed by atoms with Crippen LogP contribution in [0.1, 0.15) is 43.6 Å². The SMILES string of the molecule is CS(=O)(=O)Oc1ccc(C2CCCCC2)cc1F. The fraction of sp³-hybridized carbons (Fsp3) is 0.538. The minimum Gasteiger partial charge on any atom is -0.379 e. The molecule has 0 aromatic heterocycles. The van der Waals surface area contributed by atoms with Crippen molar-refractivity contribution in [2.45, 2.75) is 38.0 Å². The Labute approximate surface area is 107 Å². The van der Waals surface area contributed by atoms with Crippen LogP contribution < -0.4 is 4.18 Å². The summed E-state index contributed by atoms with van der Waals surface area (Å²) in [6, 6.07) is 4.57. The van der Waals surface area contributed by atoms with E-state index in [2.05, 4.69) is 4.18 Å². The van der Waals surface area contributed by atoms with Crippen molar-refractivity contribution < 1.29 is 17.0 Å². The fourth-order valence-electron chi connectivity index (χ4n) is 2.44. The van der Waals surface area contributed by atoms with Crippen LogP contribution in [0.25, 0.3) is 0 Å². The van der Waals surface area contributed by atoms with Gasteiger partial charge in [0.2, 0.25) is 0 Å². The number of rotatable bonds is 3. The van der Waals surface area contributed by atoms with Gasteiger partial charge in [-0.2, -0.15) is 8.42 Å². The maximum absolute atomic E-state index is 13.7. The summed E-state index contributed by atoms with van der Waals surface area (Å²) in [6.07, 6.45) is 6.65. The molecule has 1 saturated carbocycles. The van der Waals surface area contributed by atoms with Gasteiger partial charge in [-0.25, -0.2) is 4.39 Å². The van der Waals surface area contributed by atoms with Gasteiger partial charge >= 0.3 is 10.1 Å². The molecule has 3 nitrogen and oxygen atoms in total. The zero-order valence-electron chi connectivity index (χ0n) is 10.4. The monoisotopic (exact) mass is 272 g/mol. The summed E-state index contributed by atoms with van der Waals surface area (Å²) in [5.41, 5.74) is 0.938. The van der Waals surface area contributed by atoms with E-state index in [1.54, 1.807) is 6.07 Å². The molecule has 0 saturated heterocycles. The van der Waals surface area contributed by atoms with Crippen molar-refractivity contribution in [1.29, 1.82) is 0 Å². The third-order valence-corrected chi connectivity index (χ3v) is 3.76. The minimum atomic E-state index is -3.68. The van der Waals surface area contributed by atoms with Gasteiger partial charge in [-0.3, -0.25) is 0 Å². The number of halogens is 1. The van der Waals surface area contributed by atoms with E-state index in [1.165, 1.54) is 31.4 Å². The summed E-state index contributed by atoms with van der Waals surface area (Å²) in [5, 5.41) is 0. The topological polar surface area (TPSA) is 43.4 Å². The first-order valence-corrected chi connectivity index (χ1v) is 7.96. The molecule has 0 radical (unpaired) electrons. The van der Waals surface area contributed by atoms with Crippen molar-refractivity contribution in [1.82, 2.24) is 0 Å². The highest BCUT2D eigenvalue weighted by atomic mass is 32.2. The lowest BCUT2D eigenvalue weighted by Crippen LogP contribution is -2.08. The summed E-state index contributed by atoms with van der Waals surface area (Å²) < 4.78 is 40.2. The maximum Gasteiger partial charge on any atom is 0.306 e. The fourth-order valence-corrected chi connectivity index (χ4v) is 2.90. The Kier molecular flexibility index (Phi) is 3.90. The van der Waals surface area contributed by atoms with E-state index in [1.807, 2.05) is 0 Å². The van der Waals surface area contributed by atoms with Crippen LogP contribution in [0.15, 0.2) is 18.2 Å². The van der Waals surface area contributed by atoms with E-state index < -0.39 is 15.9 Å². The van der Waals surface area contributed by atoms with Crippen molar-refractivity contribution in [3.8, 4) is 5.75 Å². The molecule has 5 heteroatoms. The van der Waals surface area contributed by atoms with Gasteiger partial charge in [-0.1, -0.05) is 25.3 Å². The molecule has 1 aromatic carbocycles. The van der Waals surface area contributed by atoms with Gasteiger partial charge in [0.1, 0.15) is 0 Å². The molecule has 0 N–H and O–H groups in total. The molecule has 0 heterocycles. The molecule has 0 unspecified atom stereocenters. The van der Waals surface area contributed by atoms with Crippen LogP contribution in [-0.2, 0) is 10.1 Å². The molecule has 100 valence electrons. The average Bonchev–Trinajstić information content (AvgIpc) is 2.31. The summed E-state index contributed by atoms with van der Waals surface area (Å²) in [5.74, 6) is -0.443. The van der Waals surface area contributed by atoms with Gasteiger partial charge in [-0.15, -0.1) is 0 Å². The van der Waals surface area contributed by atoms with Gasteiger partial charge < -0.3 is 4.18 Å². The van der Waals surface area contributed by atoms with Crippen LogP contribution in [-0.4, -0.2) is 14.7 Å². The molecule has 1 aliphatic carbocycles. The van der Waals surface area contributed by atoms with Crippen molar-refractivity contribution in [3.05, 3.63) is 29.6 Å². The normalized spacial score (nSPS) is 17.7. The Hall–Kier alpha value is -1.10. The van der Waals surface area contributed by atoms with Crippen LogP contribution in [0.4, 0.5) is 4.39 Å². The maximum atomic E-state index is 13.7. The van der Waals surface area contributed by atoms with Crippen molar-refractivity contribution in [2.75, 3.05) is 6.26 Å². The quantitative estimate of drug-likeness (QED) is 0.793. The van der Waals surface area contributed by atoms with Crippen LogP contribution in [0.2, 0.25) is 0 Å². The first-order valence-electron chi connectivity index (χ1n) is 6.14. The second kappa shape index (κ2) is 5.26. The predicted octanol–water partition coefficient (Wildman–Crippen LogP) is 3.21. The zero-order chi connectivity index (χ0) is 13.2. The van der Waals surface area contributed by atoms with Crippen molar-refractivity contribution >= 4 is 10.1 Å². The second-order valence-electron chi connectivity index (χ2n) is 4.81. The smallest absolute Gasteiger partial charge is 0.306 e. The lowest BCUT2D eigenvalue weighted by atomic mass is 9.84. The first-order chi connectivity index (χ1) is 8.46. The predicted molar refractivity (Wildman–Crippen MR) is 67.7 cm³/mol. The van der Waals surface area contributed by atoms with E-state index in [0.29, 0.717) is 5.92 Å². The Balaban J connectivity index is 2.18. The summed E-state index contributed by atoms with van der Waals surface area (Å²) in [6.45, 7) is 0. The standard InChI is InChI=1S/C13H17FO3S/c1-18(15,16)17-13-8-7-11(9-12(13)14)10-5-3-2-4-6-10/h7-10H,2-6H2,1H3. The van der Waals surface area contributed by atoms with Gasteiger partial charge in [-0.05, 0) is 36.5 Å². The van der Waals surface area contributed by atoms with Gasteiger partial charge in [0.15, 0.2) is 11.6 Å². The molecule has 0 amide bonds. The molecule has 1 aliphatic rings. The van der Waals surface area contributed by atoms with Gasteiger partial charge in [0.05, 0.1) is 6.26 Å². The van der Waals surface area contributed by atoms with Gasteiger partial charge in [0.25, 0.3) is 0 Å². The Morgan fingerprint density at radius 3 is 2.44 bits per heavy atom.